The fraction of sp³-hybridized carbons (Fsp3) is 0.125. The van der Waals surface area contributed by atoms with Gasteiger partial charge in [0.1, 0.15) is 34.7 Å². The number of thiophene rings is 1. The first-order valence-corrected chi connectivity index (χ1v) is 17.3. The molecule has 6 nitrogen and oxygen atoms in total. The zero-order chi connectivity index (χ0) is 32.9. The lowest BCUT2D eigenvalue weighted by Crippen LogP contribution is -2.29. The molecule has 3 heterocycles. The first kappa shape index (κ1) is 31.4. The van der Waals surface area contributed by atoms with Crippen molar-refractivity contribution in [1.29, 1.82) is 0 Å². The normalized spacial score (nSPS) is 12.2. The molecule has 0 aliphatic rings. The fourth-order valence-electron chi connectivity index (χ4n) is 5.70. The van der Waals surface area contributed by atoms with Crippen LogP contribution in [0, 0.1) is 0 Å². The van der Waals surface area contributed by atoms with Gasteiger partial charge < -0.3 is 14.6 Å². The highest BCUT2D eigenvalue weighted by molar-refractivity contribution is 8.02. The summed E-state index contributed by atoms with van der Waals surface area (Å²) in [4.78, 5) is 22.7. The Morgan fingerprint density at radius 3 is 1.65 bits per heavy atom. The molecule has 1 unspecified atom stereocenters. The molecule has 238 valence electrons. The minimum absolute atomic E-state index is 0.335. The Hall–Kier alpha value is -5.18. The lowest BCUT2D eigenvalue weighted by molar-refractivity contribution is -0.136. The van der Waals surface area contributed by atoms with Crippen LogP contribution in [0.25, 0.3) is 21.8 Å². The summed E-state index contributed by atoms with van der Waals surface area (Å²) in [5.41, 5.74) is 5.45. The van der Waals surface area contributed by atoms with E-state index >= 15 is 0 Å². The van der Waals surface area contributed by atoms with E-state index in [4.69, 9.17) is 19.4 Å². The van der Waals surface area contributed by atoms with Crippen molar-refractivity contribution in [1.82, 2.24) is 9.97 Å². The number of nitrogens with zero attached hydrogens (tertiary/aromatic N) is 2. The van der Waals surface area contributed by atoms with Crippen molar-refractivity contribution in [2.75, 3.05) is 0 Å². The molecule has 0 aliphatic heterocycles. The highest BCUT2D eigenvalue weighted by Gasteiger charge is 2.41. The van der Waals surface area contributed by atoms with E-state index in [2.05, 4.69) is 18.2 Å². The summed E-state index contributed by atoms with van der Waals surface area (Å²) in [5.74, 6) is 0.541. The van der Waals surface area contributed by atoms with Gasteiger partial charge in [-0.2, -0.15) is 0 Å². The Morgan fingerprint density at radius 2 is 1.19 bits per heavy atom. The molecule has 0 spiro atoms. The van der Waals surface area contributed by atoms with Gasteiger partial charge in [-0.3, -0.25) is 4.79 Å². The fourth-order valence-corrected chi connectivity index (χ4v) is 8.21. The number of thioether (sulfide) groups is 1. The van der Waals surface area contributed by atoms with E-state index in [0.717, 1.165) is 49.2 Å². The first-order chi connectivity index (χ1) is 23.5. The largest absolute Gasteiger partial charge is 0.487 e. The summed E-state index contributed by atoms with van der Waals surface area (Å²) in [6, 6.07) is 44.0. The number of aliphatic carboxylic acids is 1. The van der Waals surface area contributed by atoms with Gasteiger partial charge in [-0.1, -0.05) is 78.9 Å². The number of benzene rings is 4. The predicted octanol–water partition coefficient (Wildman–Crippen LogP) is 9.50. The second-order valence-corrected chi connectivity index (χ2v) is 13.9. The molecular formula is C40H32N2O4S2. The van der Waals surface area contributed by atoms with Crippen LogP contribution in [-0.2, 0) is 22.8 Å². The highest BCUT2D eigenvalue weighted by Crippen LogP contribution is 2.52. The smallest absolute Gasteiger partial charge is 0.316 e. The number of hydrogen-bond acceptors (Lipinski definition) is 7. The van der Waals surface area contributed by atoms with Crippen molar-refractivity contribution in [2.24, 2.45) is 0 Å². The highest BCUT2D eigenvalue weighted by atomic mass is 32.2. The van der Waals surface area contributed by atoms with E-state index in [1.54, 1.807) is 18.3 Å². The molecule has 48 heavy (non-hydrogen) atoms. The molecule has 0 saturated carbocycles. The van der Waals surface area contributed by atoms with Gasteiger partial charge in [0, 0.05) is 15.6 Å². The summed E-state index contributed by atoms with van der Waals surface area (Å²) in [5, 5.41) is 13.6. The van der Waals surface area contributed by atoms with Gasteiger partial charge >= 0.3 is 5.97 Å². The number of fused-ring (bicyclic) bond motifs is 2. The Kier molecular flexibility index (Phi) is 9.09. The molecule has 0 radical (unpaired) electrons. The maximum atomic E-state index is 12.3. The molecule has 0 bridgehead atoms. The Balaban J connectivity index is 1.16. The van der Waals surface area contributed by atoms with Crippen molar-refractivity contribution in [2.45, 2.75) is 30.1 Å². The number of ether oxygens (including phenoxy) is 2. The van der Waals surface area contributed by atoms with Gasteiger partial charge in [-0.25, -0.2) is 9.97 Å². The minimum Gasteiger partial charge on any atom is -0.487 e. The minimum atomic E-state index is -0.869. The van der Waals surface area contributed by atoms with Gasteiger partial charge in [0.15, 0.2) is 0 Å². The van der Waals surface area contributed by atoms with Gasteiger partial charge in [0.2, 0.25) is 0 Å². The first-order valence-electron chi connectivity index (χ1n) is 15.6. The molecule has 1 atom stereocenters. The summed E-state index contributed by atoms with van der Waals surface area (Å²) in [7, 11) is 0. The summed E-state index contributed by atoms with van der Waals surface area (Å²) in [6.07, 6.45) is 0. The molecule has 3 aromatic heterocycles. The second kappa shape index (κ2) is 13.9. The summed E-state index contributed by atoms with van der Waals surface area (Å²) in [6.45, 7) is 2.40. The Morgan fingerprint density at radius 1 is 0.688 bits per heavy atom. The van der Waals surface area contributed by atoms with Gasteiger partial charge in [-0.15, -0.1) is 23.1 Å². The average Bonchev–Trinajstić information content (AvgIpc) is 3.68. The van der Waals surface area contributed by atoms with E-state index in [1.165, 1.54) is 11.8 Å². The molecule has 4 aromatic carbocycles. The number of carbonyl (C=O) groups is 1. The third-order valence-electron chi connectivity index (χ3n) is 8.18. The van der Waals surface area contributed by atoms with Crippen LogP contribution >= 0.6 is 23.1 Å². The van der Waals surface area contributed by atoms with Crippen LogP contribution in [0.2, 0.25) is 0 Å². The molecule has 0 saturated heterocycles. The maximum absolute atomic E-state index is 12.3. The molecule has 0 aliphatic carbocycles. The monoisotopic (exact) mass is 668 g/mol. The topological polar surface area (TPSA) is 81.5 Å². The van der Waals surface area contributed by atoms with E-state index in [9.17, 15) is 9.90 Å². The Bertz CT molecular complexity index is 2040. The van der Waals surface area contributed by atoms with Crippen LogP contribution in [-0.4, -0.2) is 26.3 Å². The van der Waals surface area contributed by atoms with Crippen LogP contribution in [0.1, 0.15) is 34.3 Å². The van der Waals surface area contributed by atoms with Gasteiger partial charge in [0.05, 0.1) is 22.4 Å². The number of para-hydroxylation sites is 2. The third-order valence-corrected chi connectivity index (χ3v) is 10.9. The lowest BCUT2D eigenvalue weighted by atomic mass is 9.88. The van der Waals surface area contributed by atoms with Crippen molar-refractivity contribution in [3.63, 3.8) is 0 Å². The van der Waals surface area contributed by atoms with Crippen molar-refractivity contribution in [3.05, 3.63) is 166 Å². The molecule has 0 amide bonds. The molecule has 7 aromatic rings. The number of carboxylic acid groups (broad SMARTS) is 1. The van der Waals surface area contributed by atoms with E-state index in [-0.39, 0.29) is 0 Å². The van der Waals surface area contributed by atoms with Crippen LogP contribution in [0.4, 0.5) is 0 Å². The molecule has 0 fully saturated rings. The summed E-state index contributed by atoms with van der Waals surface area (Å²) < 4.78 is 11.5. The van der Waals surface area contributed by atoms with Crippen molar-refractivity contribution >= 4 is 50.9 Å². The van der Waals surface area contributed by atoms with E-state index in [0.29, 0.717) is 24.7 Å². The number of hydrogen-bond donors (Lipinski definition) is 1. The molecule has 1 N–H and O–H groups in total. The van der Waals surface area contributed by atoms with Crippen LogP contribution in [0.15, 0.2) is 139 Å². The van der Waals surface area contributed by atoms with Crippen LogP contribution in [0.3, 0.4) is 0 Å². The third kappa shape index (κ3) is 6.63. The maximum Gasteiger partial charge on any atom is 0.316 e. The van der Waals surface area contributed by atoms with Gasteiger partial charge in [0.25, 0.3) is 0 Å². The number of rotatable bonds is 12. The Labute approximate surface area is 287 Å². The SMILES string of the molecule is CC(SC(c1ccc(OCc2ccc3ccccc3n2)cc1)(c1ccc(OCc2ccc3ccccc3n2)cc1)c1cccs1)C(=O)O. The molecular weight excluding hydrogens is 637 g/mol. The number of carboxylic acids is 1. The summed E-state index contributed by atoms with van der Waals surface area (Å²) >= 11 is 3.01. The van der Waals surface area contributed by atoms with Gasteiger partial charge in [-0.05, 0) is 78.0 Å². The quantitative estimate of drug-likeness (QED) is 0.139. The zero-order valence-corrected chi connectivity index (χ0v) is 27.8. The number of aromatic nitrogens is 2. The average molecular weight is 669 g/mol. The van der Waals surface area contributed by atoms with Crippen molar-refractivity contribution < 1.29 is 19.4 Å². The van der Waals surface area contributed by atoms with Crippen LogP contribution in [0.5, 0.6) is 11.5 Å². The van der Waals surface area contributed by atoms with E-state index in [1.807, 2.05) is 121 Å². The van der Waals surface area contributed by atoms with Crippen molar-refractivity contribution in [3.8, 4) is 11.5 Å². The zero-order valence-electron chi connectivity index (χ0n) is 26.2. The lowest BCUT2D eigenvalue weighted by Gasteiger charge is -2.35. The predicted molar refractivity (Wildman–Crippen MR) is 194 cm³/mol. The molecule has 7 rings (SSSR count). The molecule has 8 heteroatoms. The van der Waals surface area contributed by atoms with E-state index < -0.39 is 16.0 Å². The standard InChI is InChI=1S/C40H32N2O4S2/c1-27(39(43)44)48-40(38-11-6-24-47-38,30-14-20-34(21-15-30)45-25-32-18-12-28-7-2-4-9-36(28)41-32)31-16-22-35(23-17-31)46-26-33-19-13-29-8-3-5-10-37(29)42-33/h2-24,27H,25-26H2,1H3,(H,43,44). The second-order valence-electron chi connectivity index (χ2n) is 11.4. The number of pyridine rings is 2. The van der Waals surface area contributed by atoms with Crippen LogP contribution < -0.4 is 9.47 Å².